The summed E-state index contributed by atoms with van der Waals surface area (Å²) in [6.07, 6.45) is -1.77. The fourth-order valence-corrected chi connectivity index (χ4v) is 8.52. The monoisotopic (exact) mass is 805 g/mol. The highest BCUT2D eigenvalue weighted by Gasteiger charge is 2.49. The maximum absolute atomic E-state index is 14.6. The van der Waals surface area contributed by atoms with Crippen LogP contribution in [0.2, 0.25) is 5.02 Å². The Balaban J connectivity index is 1.10. The lowest BCUT2D eigenvalue weighted by atomic mass is 9.73. The van der Waals surface area contributed by atoms with Gasteiger partial charge in [-0.15, -0.1) is 5.10 Å². The standard InChI is InChI=1S/C39H39ClF3N9O5/c1-23-19-38(10-12-49(13-11-38)35(55)31-33(24(2)44-22-45-31)57-21-25-6-4-3-5-7-25)30-32(23)51(20-29(53)46-28-9-8-26(18-27(28)40)39(41,42)43)37-47-36(48-52(37)34(30)54)50-14-16-56-17-15-50/h3-9,18,22-23H,10-17,19-21H2,1-2H3,(H,46,53)/t23-/m1/s1. The molecular formula is C39H39ClF3N9O5. The van der Waals surface area contributed by atoms with Gasteiger partial charge in [0.05, 0.1) is 35.2 Å². The van der Waals surface area contributed by atoms with E-state index in [0.29, 0.717) is 87.3 Å². The number of carbonyl (C=O) groups excluding carboxylic acids is 2. The Morgan fingerprint density at radius 2 is 1.79 bits per heavy atom. The number of nitrogens with zero attached hydrogens (tertiary/aromatic N) is 8. The Labute approximate surface area is 329 Å². The molecule has 0 bridgehead atoms. The van der Waals surface area contributed by atoms with Crippen molar-refractivity contribution in [1.29, 1.82) is 0 Å². The van der Waals surface area contributed by atoms with E-state index < -0.39 is 23.1 Å². The van der Waals surface area contributed by atoms with Crippen LogP contribution in [-0.2, 0) is 34.3 Å². The number of hydrogen-bond donors (Lipinski definition) is 1. The third-order valence-corrected chi connectivity index (χ3v) is 11.4. The largest absolute Gasteiger partial charge is 0.485 e. The Hall–Kier alpha value is -5.55. The third kappa shape index (κ3) is 7.29. The van der Waals surface area contributed by atoms with Crippen molar-refractivity contribution < 1.29 is 32.2 Å². The lowest BCUT2D eigenvalue weighted by molar-refractivity contribution is -0.137. The SMILES string of the molecule is Cc1ncnc(C(=O)N2CCC3(CC2)C[C@@H](C)c2c3c(=O)n3nc(N4CCOCC4)nc3n2CC(=O)Nc2ccc(C(F)(F)F)cc2Cl)c1OCc1ccccc1. The third-order valence-electron chi connectivity index (χ3n) is 11.1. The molecule has 0 unspecified atom stereocenters. The number of amides is 2. The summed E-state index contributed by atoms with van der Waals surface area (Å²) in [6.45, 7) is 6.24. The Kier molecular flexibility index (Phi) is 10.1. The van der Waals surface area contributed by atoms with Gasteiger partial charge in [-0.1, -0.05) is 48.9 Å². The van der Waals surface area contributed by atoms with Gasteiger partial charge in [0, 0.05) is 42.9 Å². The first kappa shape index (κ1) is 38.3. The molecule has 3 aromatic heterocycles. The Bertz CT molecular complexity index is 2410. The average molecular weight is 806 g/mol. The summed E-state index contributed by atoms with van der Waals surface area (Å²) in [4.78, 5) is 59.4. The molecule has 57 heavy (non-hydrogen) atoms. The van der Waals surface area contributed by atoms with Crippen LogP contribution in [0, 0.1) is 6.92 Å². The van der Waals surface area contributed by atoms with Crippen molar-refractivity contribution >= 4 is 40.8 Å². The molecule has 2 fully saturated rings. The summed E-state index contributed by atoms with van der Waals surface area (Å²) in [5.74, 6) is -0.302. The fourth-order valence-electron chi connectivity index (χ4n) is 8.30. The molecule has 298 valence electrons. The van der Waals surface area contributed by atoms with Gasteiger partial charge in [-0.05, 0) is 55.9 Å². The van der Waals surface area contributed by atoms with Crippen molar-refractivity contribution in [2.24, 2.45) is 0 Å². The maximum atomic E-state index is 14.6. The van der Waals surface area contributed by atoms with Crippen molar-refractivity contribution in [2.45, 2.75) is 63.8 Å². The normalized spacial score (nSPS) is 17.9. The molecule has 1 spiro atoms. The molecule has 8 rings (SSSR count). The zero-order valence-electron chi connectivity index (χ0n) is 31.2. The molecule has 1 atom stereocenters. The number of rotatable bonds is 8. The van der Waals surface area contributed by atoms with Gasteiger partial charge in [0.2, 0.25) is 17.6 Å². The summed E-state index contributed by atoms with van der Waals surface area (Å²) in [7, 11) is 0. The van der Waals surface area contributed by atoms with Crippen LogP contribution in [0.15, 0.2) is 59.7 Å². The summed E-state index contributed by atoms with van der Waals surface area (Å²) < 4.78 is 54.4. The first-order valence-corrected chi connectivity index (χ1v) is 19.0. The van der Waals surface area contributed by atoms with Gasteiger partial charge in [0.25, 0.3) is 11.5 Å². The Morgan fingerprint density at radius 1 is 1.05 bits per heavy atom. The van der Waals surface area contributed by atoms with Crippen LogP contribution >= 0.6 is 11.6 Å². The second kappa shape index (κ2) is 15.1. The number of nitrogens with one attached hydrogen (secondary N) is 1. The van der Waals surface area contributed by atoms with Crippen LogP contribution in [-0.4, -0.2) is 85.2 Å². The van der Waals surface area contributed by atoms with Crippen LogP contribution in [0.5, 0.6) is 5.75 Å². The maximum Gasteiger partial charge on any atom is 0.416 e. The topological polar surface area (TPSA) is 149 Å². The van der Waals surface area contributed by atoms with E-state index in [9.17, 15) is 27.6 Å². The summed E-state index contributed by atoms with van der Waals surface area (Å²) in [6, 6.07) is 12.3. The van der Waals surface area contributed by atoms with E-state index >= 15 is 0 Å². The number of halogens is 4. The van der Waals surface area contributed by atoms with E-state index in [2.05, 4.69) is 20.4 Å². The molecule has 1 aliphatic carbocycles. The molecule has 5 heterocycles. The zero-order valence-corrected chi connectivity index (χ0v) is 31.9. The van der Waals surface area contributed by atoms with E-state index in [1.54, 1.807) is 16.4 Å². The first-order chi connectivity index (χ1) is 27.3. The molecular weight excluding hydrogens is 767 g/mol. The first-order valence-electron chi connectivity index (χ1n) is 18.6. The molecule has 2 aliphatic heterocycles. The molecule has 2 aromatic carbocycles. The fraction of sp³-hybridized carbons (Fsp3) is 0.410. The number of alkyl halides is 3. The number of fused-ring (bicyclic) bond motifs is 3. The van der Waals surface area contributed by atoms with Crippen molar-refractivity contribution in [3.05, 3.63) is 104 Å². The Morgan fingerprint density at radius 3 is 2.49 bits per heavy atom. The van der Waals surface area contributed by atoms with E-state index in [0.717, 1.165) is 23.8 Å². The number of morpholine rings is 1. The predicted molar refractivity (Wildman–Crippen MR) is 203 cm³/mol. The molecule has 2 amide bonds. The molecule has 5 aromatic rings. The number of benzene rings is 2. The number of aromatic nitrogens is 6. The molecule has 0 radical (unpaired) electrons. The van der Waals surface area contributed by atoms with Gasteiger partial charge in [-0.2, -0.15) is 22.7 Å². The van der Waals surface area contributed by atoms with Crippen LogP contribution < -0.4 is 20.5 Å². The second-order valence-corrected chi connectivity index (χ2v) is 15.1. The highest BCUT2D eigenvalue weighted by atomic mass is 35.5. The van der Waals surface area contributed by atoms with E-state index in [1.807, 2.05) is 42.2 Å². The highest BCUT2D eigenvalue weighted by Crippen LogP contribution is 2.50. The van der Waals surface area contributed by atoms with E-state index in [4.69, 9.17) is 26.1 Å². The molecule has 18 heteroatoms. The quantitative estimate of drug-likeness (QED) is 0.216. The number of hydrogen-bond acceptors (Lipinski definition) is 10. The molecule has 2 saturated heterocycles. The summed E-state index contributed by atoms with van der Waals surface area (Å²) in [5.41, 5.74) is 0.840. The van der Waals surface area contributed by atoms with Gasteiger partial charge in [0.1, 0.15) is 19.5 Å². The van der Waals surface area contributed by atoms with Crippen LogP contribution in [0.3, 0.4) is 0 Å². The van der Waals surface area contributed by atoms with Crippen LogP contribution in [0.1, 0.15) is 70.7 Å². The minimum absolute atomic E-state index is 0.00733. The number of piperidine rings is 1. The van der Waals surface area contributed by atoms with Crippen LogP contribution in [0.4, 0.5) is 24.8 Å². The van der Waals surface area contributed by atoms with Gasteiger partial charge in [-0.3, -0.25) is 14.4 Å². The molecule has 3 aliphatic rings. The molecule has 0 saturated carbocycles. The van der Waals surface area contributed by atoms with Gasteiger partial charge in [-0.25, -0.2) is 9.97 Å². The van der Waals surface area contributed by atoms with Crippen molar-refractivity contribution in [2.75, 3.05) is 49.6 Å². The molecule has 14 nitrogen and oxygen atoms in total. The predicted octanol–water partition coefficient (Wildman–Crippen LogP) is 5.40. The van der Waals surface area contributed by atoms with E-state index in [-0.39, 0.29) is 52.7 Å². The van der Waals surface area contributed by atoms with E-state index in [1.165, 1.54) is 10.8 Å². The van der Waals surface area contributed by atoms with Gasteiger partial charge in [0.15, 0.2) is 11.4 Å². The molecule has 1 N–H and O–H groups in total. The second-order valence-electron chi connectivity index (χ2n) is 14.7. The van der Waals surface area contributed by atoms with Gasteiger partial charge < -0.3 is 29.2 Å². The lowest BCUT2D eigenvalue weighted by Crippen LogP contribution is -2.47. The van der Waals surface area contributed by atoms with Crippen molar-refractivity contribution in [1.82, 2.24) is 34.0 Å². The average Bonchev–Trinajstić information content (AvgIpc) is 3.77. The summed E-state index contributed by atoms with van der Waals surface area (Å²) >= 11 is 6.19. The smallest absolute Gasteiger partial charge is 0.416 e. The number of anilines is 2. The minimum atomic E-state index is -4.61. The number of likely N-dealkylation sites (tertiary alicyclic amines) is 1. The number of aryl methyl sites for hydroxylation is 1. The summed E-state index contributed by atoms with van der Waals surface area (Å²) in [5, 5.41) is 7.01. The lowest BCUT2D eigenvalue weighted by Gasteiger charge is -2.39. The van der Waals surface area contributed by atoms with Crippen molar-refractivity contribution in [3.8, 4) is 5.75 Å². The van der Waals surface area contributed by atoms with Crippen molar-refractivity contribution in [3.63, 3.8) is 0 Å². The number of carbonyl (C=O) groups is 2. The number of ether oxygens (including phenoxy) is 2. The highest BCUT2D eigenvalue weighted by molar-refractivity contribution is 6.33. The van der Waals surface area contributed by atoms with Gasteiger partial charge >= 0.3 is 6.18 Å². The zero-order chi connectivity index (χ0) is 40.1. The minimum Gasteiger partial charge on any atom is -0.485 e. The van der Waals surface area contributed by atoms with Crippen LogP contribution in [0.25, 0.3) is 5.78 Å².